The van der Waals surface area contributed by atoms with E-state index in [1.807, 2.05) is 4.90 Å². The van der Waals surface area contributed by atoms with E-state index < -0.39 is 15.4 Å². The van der Waals surface area contributed by atoms with Gasteiger partial charge in [-0.25, -0.2) is 12.8 Å². The topological polar surface area (TPSA) is 75.7 Å². The Bertz CT molecular complexity index is 738. The highest BCUT2D eigenvalue weighted by Crippen LogP contribution is 2.24. The molecule has 2 aliphatic rings. The molecule has 138 valence electrons. The molecule has 0 radical (unpaired) electrons. The van der Waals surface area contributed by atoms with Gasteiger partial charge in [0, 0.05) is 13.1 Å². The molecule has 1 amide bonds. The van der Waals surface area contributed by atoms with Crippen LogP contribution in [0.3, 0.4) is 0 Å². The zero-order chi connectivity index (χ0) is 18.1. The van der Waals surface area contributed by atoms with Crippen LogP contribution in [0.1, 0.15) is 25.0 Å². The van der Waals surface area contributed by atoms with Crippen molar-refractivity contribution in [3.05, 3.63) is 35.6 Å². The predicted octanol–water partition coefficient (Wildman–Crippen LogP) is 0.892. The van der Waals surface area contributed by atoms with Crippen molar-refractivity contribution in [1.82, 2.24) is 10.2 Å². The minimum absolute atomic E-state index is 0.00689. The molecule has 0 aromatic heterocycles. The zero-order valence-electron chi connectivity index (χ0n) is 14.2. The number of halogens is 1. The van der Waals surface area contributed by atoms with Crippen LogP contribution >= 0.6 is 0 Å². The summed E-state index contributed by atoms with van der Waals surface area (Å²) in [7, 11) is -3.06. The van der Waals surface area contributed by atoms with E-state index in [9.17, 15) is 17.6 Å². The lowest BCUT2D eigenvalue weighted by atomic mass is 10.0. The van der Waals surface area contributed by atoms with Crippen molar-refractivity contribution >= 4 is 15.7 Å². The Morgan fingerprint density at radius 1 is 1.40 bits per heavy atom. The second-order valence-electron chi connectivity index (χ2n) is 7.10. The lowest BCUT2D eigenvalue weighted by Gasteiger charge is -2.33. The molecular formula is C17H23FN2O4S. The van der Waals surface area contributed by atoms with Gasteiger partial charge in [0.25, 0.3) is 0 Å². The molecule has 0 saturated carbocycles. The summed E-state index contributed by atoms with van der Waals surface area (Å²) in [6.45, 7) is 3.61. The molecule has 3 rings (SSSR count). The Hall–Kier alpha value is -1.51. The van der Waals surface area contributed by atoms with Gasteiger partial charge in [0.1, 0.15) is 5.82 Å². The Balaban J connectivity index is 1.55. The first kappa shape index (κ1) is 18.3. The van der Waals surface area contributed by atoms with Crippen LogP contribution in [0.15, 0.2) is 24.3 Å². The molecule has 0 unspecified atom stereocenters. The fraction of sp³-hybridized carbons (Fsp3) is 0.588. The van der Waals surface area contributed by atoms with Crippen molar-refractivity contribution in [1.29, 1.82) is 0 Å². The number of morpholine rings is 1. The number of ether oxygens (including phenoxy) is 1. The monoisotopic (exact) mass is 370 g/mol. The molecule has 0 bridgehead atoms. The number of nitrogens with one attached hydrogen (secondary N) is 1. The Morgan fingerprint density at radius 3 is 2.76 bits per heavy atom. The number of hydrogen-bond acceptors (Lipinski definition) is 5. The first-order chi connectivity index (χ1) is 11.7. The second-order valence-corrected chi connectivity index (χ2v) is 9.28. The molecule has 6 nitrogen and oxygen atoms in total. The Morgan fingerprint density at radius 2 is 2.12 bits per heavy atom. The number of rotatable bonds is 4. The summed E-state index contributed by atoms with van der Waals surface area (Å²) in [5, 5.41) is 2.87. The third-order valence-electron chi connectivity index (χ3n) is 4.70. The predicted molar refractivity (Wildman–Crippen MR) is 91.4 cm³/mol. The van der Waals surface area contributed by atoms with Crippen molar-refractivity contribution in [3.63, 3.8) is 0 Å². The first-order valence-electron chi connectivity index (χ1n) is 8.36. The van der Waals surface area contributed by atoms with E-state index in [4.69, 9.17) is 4.74 Å². The minimum Gasteiger partial charge on any atom is -0.371 e. The van der Waals surface area contributed by atoms with E-state index in [-0.39, 0.29) is 35.9 Å². The molecule has 2 atom stereocenters. The van der Waals surface area contributed by atoms with E-state index in [2.05, 4.69) is 5.32 Å². The third kappa shape index (κ3) is 4.77. The van der Waals surface area contributed by atoms with Crippen molar-refractivity contribution < 1.29 is 22.3 Å². The molecule has 0 spiro atoms. The Labute approximate surface area is 147 Å². The largest absolute Gasteiger partial charge is 0.371 e. The van der Waals surface area contributed by atoms with Gasteiger partial charge in [-0.1, -0.05) is 12.1 Å². The fourth-order valence-corrected chi connectivity index (χ4v) is 5.51. The number of sulfone groups is 1. The van der Waals surface area contributed by atoms with Crippen LogP contribution in [0.2, 0.25) is 0 Å². The zero-order valence-corrected chi connectivity index (χ0v) is 15.0. The maximum Gasteiger partial charge on any atom is 0.234 e. The van der Waals surface area contributed by atoms with Gasteiger partial charge in [0.05, 0.1) is 36.3 Å². The number of benzene rings is 1. The van der Waals surface area contributed by atoms with E-state index >= 15 is 0 Å². The van der Waals surface area contributed by atoms with E-state index in [1.165, 1.54) is 12.1 Å². The van der Waals surface area contributed by atoms with Gasteiger partial charge in [-0.2, -0.15) is 0 Å². The van der Waals surface area contributed by atoms with Crippen LogP contribution in [-0.2, 0) is 19.4 Å². The van der Waals surface area contributed by atoms with Gasteiger partial charge in [0.2, 0.25) is 5.91 Å². The summed E-state index contributed by atoms with van der Waals surface area (Å²) < 4.78 is 42.0. The van der Waals surface area contributed by atoms with E-state index in [0.29, 0.717) is 26.1 Å². The highest BCUT2D eigenvalue weighted by atomic mass is 32.2. The fourth-order valence-electron chi connectivity index (χ4n) is 3.41. The van der Waals surface area contributed by atoms with Crippen LogP contribution in [0.25, 0.3) is 0 Å². The standard InChI is InChI=1S/C17H23FN2O4S/c1-17(6-9-25(22,23)12-17)19-16(21)11-20-7-8-24-15(10-20)13-2-4-14(18)5-3-13/h2-5,15H,6-12H2,1H3,(H,19,21)/t15-,17+/m0/s1. The molecule has 25 heavy (non-hydrogen) atoms. The summed E-state index contributed by atoms with van der Waals surface area (Å²) in [5.74, 6) is -0.365. The molecule has 1 aromatic rings. The van der Waals surface area contributed by atoms with Crippen molar-refractivity contribution in [2.24, 2.45) is 0 Å². The molecule has 2 aliphatic heterocycles. The van der Waals surface area contributed by atoms with Crippen molar-refractivity contribution in [2.75, 3.05) is 37.7 Å². The average Bonchev–Trinajstić information content (AvgIpc) is 2.81. The minimum atomic E-state index is -3.06. The van der Waals surface area contributed by atoms with Crippen molar-refractivity contribution in [3.8, 4) is 0 Å². The van der Waals surface area contributed by atoms with Crippen LogP contribution in [-0.4, -0.2) is 62.5 Å². The second kappa shape index (κ2) is 7.01. The SMILES string of the molecule is C[C@@]1(NC(=O)CN2CCO[C@H](c3ccc(F)cc3)C2)CCS(=O)(=O)C1. The van der Waals surface area contributed by atoms with Gasteiger partial charge in [0.15, 0.2) is 9.84 Å². The molecule has 8 heteroatoms. The average molecular weight is 370 g/mol. The molecule has 2 fully saturated rings. The summed E-state index contributed by atoms with van der Waals surface area (Å²) in [4.78, 5) is 14.3. The van der Waals surface area contributed by atoms with Gasteiger partial charge in [-0.05, 0) is 31.0 Å². The van der Waals surface area contributed by atoms with Gasteiger partial charge in [-0.15, -0.1) is 0 Å². The molecule has 2 heterocycles. The highest BCUT2D eigenvalue weighted by molar-refractivity contribution is 7.91. The van der Waals surface area contributed by atoms with Crippen LogP contribution in [0.5, 0.6) is 0 Å². The maximum atomic E-state index is 13.0. The first-order valence-corrected chi connectivity index (χ1v) is 10.2. The molecular weight excluding hydrogens is 347 g/mol. The van der Waals surface area contributed by atoms with Gasteiger partial charge >= 0.3 is 0 Å². The van der Waals surface area contributed by atoms with E-state index in [1.54, 1.807) is 19.1 Å². The van der Waals surface area contributed by atoms with E-state index in [0.717, 1.165) is 5.56 Å². The number of carbonyl (C=O) groups is 1. The summed E-state index contributed by atoms with van der Waals surface area (Å²) in [5.41, 5.74) is 0.193. The van der Waals surface area contributed by atoms with Crippen LogP contribution in [0.4, 0.5) is 4.39 Å². The van der Waals surface area contributed by atoms with Gasteiger partial charge < -0.3 is 10.1 Å². The normalized spacial score (nSPS) is 29.4. The number of nitrogens with zero attached hydrogens (tertiary/aromatic N) is 1. The molecule has 0 aliphatic carbocycles. The molecule has 1 N–H and O–H groups in total. The quantitative estimate of drug-likeness (QED) is 0.852. The number of carbonyl (C=O) groups excluding carboxylic acids is 1. The Kier molecular flexibility index (Phi) is 5.13. The summed E-state index contributed by atoms with van der Waals surface area (Å²) >= 11 is 0. The van der Waals surface area contributed by atoms with Gasteiger partial charge in [-0.3, -0.25) is 9.69 Å². The highest BCUT2D eigenvalue weighted by Gasteiger charge is 2.39. The molecule has 2 saturated heterocycles. The third-order valence-corrected chi connectivity index (χ3v) is 6.61. The van der Waals surface area contributed by atoms with Crippen LogP contribution in [0, 0.1) is 5.82 Å². The lowest BCUT2D eigenvalue weighted by Crippen LogP contribution is -2.51. The number of amides is 1. The summed E-state index contributed by atoms with van der Waals surface area (Å²) in [6, 6.07) is 6.17. The maximum absolute atomic E-state index is 13.0. The lowest BCUT2D eigenvalue weighted by molar-refractivity contribution is -0.125. The van der Waals surface area contributed by atoms with Crippen LogP contribution < -0.4 is 5.32 Å². The smallest absolute Gasteiger partial charge is 0.234 e. The number of hydrogen-bond donors (Lipinski definition) is 1. The molecule has 1 aromatic carbocycles. The van der Waals surface area contributed by atoms with Crippen molar-refractivity contribution in [2.45, 2.75) is 25.0 Å². The summed E-state index contributed by atoms with van der Waals surface area (Å²) in [6.07, 6.45) is 0.243.